The molecule has 4 atom stereocenters. The maximum Gasteiger partial charge on any atom is 0.273 e. The number of benzene rings is 2. The van der Waals surface area contributed by atoms with Crippen molar-refractivity contribution in [1.29, 1.82) is 0 Å². The van der Waals surface area contributed by atoms with Crippen LogP contribution >= 0.6 is 97.1 Å². The van der Waals surface area contributed by atoms with Crippen LogP contribution in [-0.4, -0.2) is 54.1 Å². The zero-order valence-corrected chi connectivity index (χ0v) is 25.4. The molecule has 1 saturated carbocycles. The third kappa shape index (κ3) is 3.66. The number of carbonyl (C=O) groups excluding carboxylic acids is 4. The first kappa shape index (κ1) is 28.5. The van der Waals surface area contributed by atoms with Gasteiger partial charge in [-0.2, -0.15) is 5.01 Å². The molecular formula is C24H12BrCl7N2O4. The van der Waals surface area contributed by atoms with Gasteiger partial charge in [0.2, 0.25) is 0 Å². The van der Waals surface area contributed by atoms with Gasteiger partial charge in [-0.25, -0.2) is 5.01 Å². The molecular weight excluding hydrogens is 708 g/mol. The molecule has 5 rings (SSSR count). The zero-order chi connectivity index (χ0) is 27.9. The van der Waals surface area contributed by atoms with Crippen molar-refractivity contribution in [3.8, 4) is 0 Å². The molecule has 1 heterocycles. The highest BCUT2D eigenvalue weighted by molar-refractivity contribution is 9.10. The predicted molar refractivity (Wildman–Crippen MR) is 150 cm³/mol. The number of alkyl halides is 4. The fourth-order valence-electron chi connectivity index (χ4n) is 5.06. The summed E-state index contributed by atoms with van der Waals surface area (Å²) in [5.74, 6) is -6.25. The molecule has 0 spiro atoms. The average Bonchev–Trinajstić information content (AvgIpc) is 3.26. The fourth-order valence-corrected chi connectivity index (χ4v) is 8.38. The molecule has 2 aliphatic carbocycles. The van der Waals surface area contributed by atoms with Gasteiger partial charge >= 0.3 is 0 Å². The largest absolute Gasteiger partial charge is 0.292 e. The number of rotatable bonds is 5. The number of amides is 3. The lowest BCUT2D eigenvalue weighted by atomic mass is 9.84. The Morgan fingerprint density at radius 2 is 1.24 bits per heavy atom. The Balaban J connectivity index is 1.59. The lowest BCUT2D eigenvalue weighted by Gasteiger charge is -2.36. The third-order valence-corrected chi connectivity index (χ3v) is 12.0. The van der Waals surface area contributed by atoms with Crippen molar-refractivity contribution >= 4 is 121 Å². The fraction of sp³-hybridized carbons (Fsp3) is 0.250. The molecule has 0 aromatic heterocycles. The molecule has 1 saturated heterocycles. The Bertz CT molecular complexity index is 1400. The van der Waals surface area contributed by atoms with E-state index in [0.717, 1.165) is 9.48 Å². The lowest BCUT2D eigenvalue weighted by Crippen LogP contribution is -2.56. The van der Waals surface area contributed by atoms with E-state index in [1.54, 1.807) is 12.1 Å². The Morgan fingerprint density at radius 3 is 1.71 bits per heavy atom. The number of halogens is 8. The van der Waals surface area contributed by atoms with Crippen LogP contribution in [-0.2, 0) is 9.59 Å². The van der Waals surface area contributed by atoms with Crippen LogP contribution in [0.2, 0.25) is 5.02 Å². The molecule has 2 aromatic carbocycles. The molecule has 0 radical (unpaired) electrons. The van der Waals surface area contributed by atoms with Crippen molar-refractivity contribution in [2.75, 3.05) is 6.54 Å². The molecule has 3 amide bonds. The number of ketones is 1. The summed E-state index contributed by atoms with van der Waals surface area (Å²) in [4.78, 5) is 50.5. The maximum atomic E-state index is 13.9. The maximum absolute atomic E-state index is 13.9. The second-order valence-corrected chi connectivity index (χ2v) is 13.5. The SMILES string of the molecule is O=C(CN(C(=O)c1ccc(Cl)cc1)N1C(=O)[C@@H]2[C@H](C1=O)[C@@]1(Cl)C(Cl)=C(Cl)[C@@]2(Cl)C1(Cl)Cl)c1ccc(Br)cc1. The molecule has 3 aliphatic rings. The highest BCUT2D eigenvalue weighted by Crippen LogP contribution is 2.77. The van der Waals surface area contributed by atoms with Crippen LogP contribution in [0, 0.1) is 11.8 Å². The van der Waals surface area contributed by atoms with E-state index >= 15 is 0 Å². The summed E-state index contributed by atoms with van der Waals surface area (Å²) in [5, 5.41) is 1.10. The van der Waals surface area contributed by atoms with Crippen LogP contribution in [0.5, 0.6) is 0 Å². The van der Waals surface area contributed by atoms with Crippen LogP contribution < -0.4 is 0 Å². The first-order valence-electron chi connectivity index (χ1n) is 10.7. The van der Waals surface area contributed by atoms with E-state index in [1.807, 2.05) is 0 Å². The van der Waals surface area contributed by atoms with Gasteiger partial charge in [0, 0.05) is 20.6 Å². The number of allylic oxidation sites excluding steroid dienone is 2. The second-order valence-electron chi connectivity index (χ2n) is 8.87. The number of hydrazine groups is 1. The molecule has 38 heavy (non-hydrogen) atoms. The Hall–Kier alpha value is -1.03. The Morgan fingerprint density at radius 1 is 0.789 bits per heavy atom. The van der Waals surface area contributed by atoms with Gasteiger partial charge in [-0.1, -0.05) is 86.1 Å². The summed E-state index contributed by atoms with van der Waals surface area (Å²) >= 11 is 48.6. The lowest BCUT2D eigenvalue weighted by molar-refractivity contribution is -0.154. The molecule has 14 heteroatoms. The minimum absolute atomic E-state index is 0.0537. The Labute approximate surface area is 259 Å². The molecule has 2 bridgehead atoms. The number of imide groups is 1. The standard InChI is InChI=1S/C24H12BrCl7N2O4/c25-12-5-1-10(2-6-12)14(35)9-33(19(36)11-3-7-13(26)8-4-11)34-20(37)15-16(21(34)38)23(30)18(28)17(27)22(15,29)24(23,31)32/h1-8,15-16H,9H2/t15-,16+,22-,23-/m1/s1. The predicted octanol–water partition coefficient (Wildman–Crippen LogP) is 6.79. The second kappa shape index (κ2) is 9.52. The minimum atomic E-state index is -2.14. The van der Waals surface area contributed by atoms with E-state index in [1.165, 1.54) is 36.4 Å². The summed E-state index contributed by atoms with van der Waals surface area (Å²) in [7, 11) is 0. The van der Waals surface area contributed by atoms with Crippen LogP contribution in [0.25, 0.3) is 0 Å². The van der Waals surface area contributed by atoms with Crippen LogP contribution in [0.1, 0.15) is 20.7 Å². The number of Topliss-reactive ketones (excluding diaryl/α,β-unsaturated/α-hetero) is 1. The van der Waals surface area contributed by atoms with Gasteiger partial charge < -0.3 is 0 Å². The van der Waals surface area contributed by atoms with Gasteiger partial charge in [-0.3, -0.25) is 19.2 Å². The number of nitrogens with zero attached hydrogens (tertiary/aromatic N) is 2. The van der Waals surface area contributed by atoms with E-state index in [2.05, 4.69) is 15.9 Å². The van der Waals surface area contributed by atoms with E-state index in [0.29, 0.717) is 10.0 Å². The van der Waals surface area contributed by atoms with E-state index in [9.17, 15) is 19.2 Å². The van der Waals surface area contributed by atoms with Crippen molar-refractivity contribution < 1.29 is 19.2 Å². The monoisotopic (exact) mass is 716 g/mol. The smallest absolute Gasteiger partial charge is 0.273 e. The molecule has 1 aliphatic heterocycles. The Kier molecular flexibility index (Phi) is 7.14. The van der Waals surface area contributed by atoms with Crippen LogP contribution in [0.4, 0.5) is 0 Å². The number of hydrogen-bond donors (Lipinski definition) is 0. The van der Waals surface area contributed by atoms with Gasteiger partial charge in [0.05, 0.1) is 21.9 Å². The normalized spacial score (nSPS) is 29.2. The molecule has 198 valence electrons. The minimum Gasteiger partial charge on any atom is -0.292 e. The molecule has 0 unspecified atom stereocenters. The quantitative estimate of drug-likeness (QED) is 0.194. The number of hydrogen-bond acceptors (Lipinski definition) is 4. The molecule has 0 N–H and O–H groups in total. The zero-order valence-electron chi connectivity index (χ0n) is 18.5. The van der Waals surface area contributed by atoms with Crippen LogP contribution in [0.15, 0.2) is 63.1 Å². The molecule has 2 aromatic rings. The van der Waals surface area contributed by atoms with E-state index < -0.39 is 56.0 Å². The summed E-state index contributed by atoms with van der Waals surface area (Å²) in [5.41, 5.74) is 0.287. The van der Waals surface area contributed by atoms with Crippen molar-refractivity contribution in [3.63, 3.8) is 0 Å². The number of fused-ring (bicyclic) bond motifs is 5. The summed E-state index contributed by atoms with van der Waals surface area (Å²) < 4.78 is -1.41. The van der Waals surface area contributed by atoms with Gasteiger partial charge in [-0.15, -0.1) is 23.2 Å². The van der Waals surface area contributed by atoms with E-state index in [4.69, 9.17) is 81.2 Å². The average molecular weight is 720 g/mol. The summed E-state index contributed by atoms with van der Waals surface area (Å²) in [6.07, 6.45) is 0. The van der Waals surface area contributed by atoms with Crippen molar-refractivity contribution in [2.24, 2.45) is 11.8 Å². The molecule has 2 fully saturated rings. The van der Waals surface area contributed by atoms with E-state index in [-0.39, 0.29) is 21.2 Å². The van der Waals surface area contributed by atoms with Gasteiger partial charge in [-0.05, 0) is 36.4 Å². The highest BCUT2D eigenvalue weighted by atomic mass is 79.9. The highest BCUT2D eigenvalue weighted by Gasteiger charge is 2.88. The first-order chi connectivity index (χ1) is 17.7. The van der Waals surface area contributed by atoms with Gasteiger partial charge in [0.1, 0.15) is 16.3 Å². The summed E-state index contributed by atoms with van der Waals surface area (Å²) in [6, 6.07) is 12.0. The van der Waals surface area contributed by atoms with Crippen molar-refractivity contribution in [2.45, 2.75) is 14.1 Å². The summed E-state index contributed by atoms with van der Waals surface area (Å²) in [6.45, 7) is -0.674. The first-order valence-corrected chi connectivity index (χ1v) is 14.2. The molecule has 6 nitrogen and oxygen atoms in total. The van der Waals surface area contributed by atoms with Gasteiger partial charge in [0.15, 0.2) is 10.1 Å². The van der Waals surface area contributed by atoms with Crippen molar-refractivity contribution in [3.05, 3.63) is 79.2 Å². The third-order valence-electron chi connectivity index (χ3n) is 6.91. The van der Waals surface area contributed by atoms with Crippen molar-refractivity contribution in [1.82, 2.24) is 10.0 Å². The number of carbonyl (C=O) groups is 4. The van der Waals surface area contributed by atoms with Gasteiger partial charge in [0.25, 0.3) is 17.7 Å². The topological polar surface area (TPSA) is 74.8 Å². The van der Waals surface area contributed by atoms with Crippen LogP contribution in [0.3, 0.4) is 0 Å².